The van der Waals surface area contributed by atoms with E-state index in [1.165, 1.54) is 0 Å². The number of aldehydes is 2. The molecular formula is C13H16O3. The third kappa shape index (κ3) is 3.28. The summed E-state index contributed by atoms with van der Waals surface area (Å²) >= 11 is 0. The zero-order valence-corrected chi connectivity index (χ0v) is 9.39. The first-order valence-electron chi connectivity index (χ1n) is 5.30. The number of carbonyl (C=O) groups excluding carboxylic acids is 2. The Morgan fingerprint density at radius 1 is 1.19 bits per heavy atom. The summed E-state index contributed by atoms with van der Waals surface area (Å²) in [5, 5.41) is 0. The van der Waals surface area contributed by atoms with E-state index < -0.39 is 5.41 Å². The Kier molecular flexibility index (Phi) is 4.86. The molecule has 3 nitrogen and oxygen atoms in total. The molecule has 3 heteroatoms. The van der Waals surface area contributed by atoms with Gasteiger partial charge < -0.3 is 14.3 Å². The third-order valence-corrected chi connectivity index (χ3v) is 2.61. The van der Waals surface area contributed by atoms with Gasteiger partial charge in [0.15, 0.2) is 0 Å². The number of benzene rings is 1. The molecule has 0 aliphatic rings. The number of rotatable bonds is 7. The van der Waals surface area contributed by atoms with E-state index in [4.69, 9.17) is 4.74 Å². The van der Waals surface area contributed by atoms with Gasteiger partial charge in [-0.05, 0) is 12.0 Å². The van der Waals surface area contributed by atoms with Crippen LogP contribution in [0.5, 0.6) is 0 Å². The summed E-state index contributed by atoms with van der Waals surface area (Å²) in [5.41, 5.74) is 0.0544. The molecule has 0 bridgehead atoms. The van der Waals surface area contributed by atoms with Gasteiger partial charge in [-0.25, -0.2) is 0 Å². The predicted molar refractivity (Wildman–Crippen MR) is 61.0 cm³/mol. The summed E-state index contributed by atoms with van der Waals surface area (Å²) in [6.45, 7) is 2.37. The maximum Gasteiger partial charge on any atom is 0.135 e. The molecule has 0 aromatic heterocycles. The van der Waals surface area contributed by atoms with Crippen LogP contribution >= 0.6 is 0 Å². The van der Waals surface area contributed by atoms with Crippen molar-refractivity contribution < 1.29 is 14.3 Å². The van der Waals surface area contributed by atoms with E-state index in [0.29, 0.717) is 25.6 Å². The van der Waals surface area contributed by atoms with Crippen LogP contribution in [0, 0.1) is 5.41 Å². The van der Waals surface area contributed by atoms with Gasteiger partial charge in [0.05, 0.1) is 13.2 Å². The summed E-state index contributed by atoms with van der Waals surface area (Å²) in [6, 6.07) is 9.65. The van der Waals surface area contributed by atoms with Gasteiger partial charge in [-0.2, -0.15) is 0 Å². The minimum atomic E-state index is -0.977. The van der Waals surface area contributed by atoms with Crippen molar-refractivity contribution in [2.75, 3.05) is 6.61 Å². The van der Waals surface area contributed by atoms with Crippen molar-refractivity contribution in [3.8, 4) is 0 Å². The van der Waals surface area contributed by atoms with Gasteiger partial charge in [0.25, 0.3) is 0 Å². The molecule has 0 amide bonds. The molecule has 0 fully saturated rings. The first-order valence-corrected chi connectivity index (χ1v) is 5.30. The van der Waals surface area contributed by atoms with Crippen LogP contribution in [0.1, 0.15) is 18.9 Å². The van der Waals surface area contributed by atoms with Crippen LogP contribution in [0.25, 0.3) is 0 Å². The van der Waals surface area contributed by atoms with E-state index >= 15 is 0 Å². The smallest absolute Gasteiger partial charge is 0.135 e. The monoisotopic (exact) mass is 220 g/mol. The second-order valence-corrected chi connectivity index (χ2v) is 3.80. The molecule has 0 spiro atoms. The molecule has 0 saturated carbocycles. The number of carbonyl (C=O) groups is 2. The van der Waals surface area contributed by atoms with Crippen LogP contribution in [-0.2, 0) is 20.9 Å². The zero-order chi connectivity index (χ0) is 11.9. The third-order valence-electron chi connectivity index (χ3n) is 2.61. The average Bonchev–Trinajstić information content (AvgIpc) is 2.37. The van der Waals surface area contributed by atoms with Crippen LogP contribution in [0.3, 0.4) is 0 Å². The van der Waals surface area contributed by atoms with E-state index in [9.17, 15) is 9.59 Å². The first-order chi connectivity index (χ1) is 7.76. The van der Waals surface area contributed by atoms with Crippen molar-refractivity contribution in [1.82, 2.24) is 0 Å². The van der Waals surface area contributed by atoms with Gasteiger partial charge in [-0.3, -0.25) is 0 Å². The van der Waals surface area contributed by atoms with Gasteiger partial charge in [0.2, 0.25) is 0 Å². The fourth-order valence-corrected chi connectivity index (χ4v) is 1.30. The van der Waals surface area contributed by atoms with Crippen LogP contribution in [0.4, 0.5) is 0 Å². The van der Waals surface area contributed by atoms with Crippen LogP contribution < -0.4 is 0 Å². The number of hydrogen-bond donors (Lipinski definition) is 0. The van der Waals surface area contributed by atoms with Crippen LogP contribution in [0.2, 0.25) is 0 Å². The van der Waals surface area contributed by atoms with Crippen molar-refractivity contribution in [2.24, 2.45) is 5.41 Å². The molecule has 0 atom stereocenters. The second kappa shape index (κ2) is 6.18. The molecule has 0 aliphatic carbocycles. The minimum Gasteiger partial charge on any atom is -0.375 e. The predicted octanol–water partition coefficient (Wildman–Crippen LogP) is 2.00. The standard InChI is InChI=1S/C13H16O3/c1-2-13(9-14,10-15)11-16-8-12-6-4-3-5-7-12/h3-7,9-10H,2,8,11H2,1H3. The Morgan fingerprint density at radius 3 is 2.31 bits per heavy atom. The molecule has 0 N–H and O–H groups in total. The van der Waals surface area contributed by atoms with E-state index in [1.807, 2.05) is 30.3 Å². The van der Waals surface area contributed by atoms with Crippen molar-refractivity contribution in [2.45, 2.75) is 20.0 Å². The Bertz CT molecular complexity index is 324. The first kappa shape index (κ1) is 12.6. The molecule has 0 heterocycles. The van der Waals surface area contributed by atoms with Crippen molar-refractivity contribution in [3.05, 3.63) is 35.9 Å². The highest BCUT2D eigenvalue weighted by molar-refractivity contribution is 5.83. The quantitative estimate of drug-likeness (QED) is 0.521. The minimum absolute atomic E-state index is 0.144. The summed E-state index contributed by atoms with van der Waals surface area (Å²) < 4.78 is 5.40. The highest BCUT2D eigenvalue weighted by atomic mass is 16.5. The highest BCUT2D eigenvalue weighted by Crippen LogP contribution is 2.16. The van der Waals surface area contributed by atoms with E-state index in [2.05, 4.69) is 0 Å². The van der Waals surface area contributed by atoms with Gasteiger partial charge in [0, 0.05) is 0 Å². The Balaban J connectivity index is 2.45. The normalized spacial score (nSPS) is 11.1. The molecule has 86 valence electrons. The fourth-order valence-electron chi connectivity index (χ4n) is 1.30. The molecular weight excluding hydrogens is 204 g/mol. The van der Waals surface area contributed by atoms with E-state index in [-0.39, 0.29) is 6.61 Å². The molecule has 1 aromatic rings. The SMILES string of the molecule is CCC(C=O)(C=O)COCc1ccccc1. The summed E-state index contributed by atoms with van der Waals surface area (Å²) in [5.74, 6) is 0. The van der Waals surface area contributed by atoms with Crippen molar-refractivity contribution in [1.29, 1.82) is 0 Å². The summed E-state index contributed by atoms with van der Waals surface area (Å²) in [7, 11) is 0. The van der Waals surface area contributed by atoms with E-state index in [1.54, 1.807) is 6.92 Å². The maximum atomic E-state index is 10.8. The summed E-state index contributed by atoms with van der Waals surface area (Å²) in [6.07, 6.45) is 1.81. The largest absolute Gasteiger partial charge is 0.375 e. The Morgan fingerprint density at radius 2 is 1.81 bits per heavy atom. The molecule has 0 unspecified atom stereocenters. The lowest BCUT2D eigenvalue weighted by atomic mass is 9.90. The highest BCUT2D eigenvalue weighted by Gasteiger charge is 2.27. The van der Waals surface area contributed by atoms with Crippen LogP contribution in [0.15, 0.2) is 30.3 Å². The Hall–Kier alpha value is -1.48. The fraction of sp³-hybridized carbons (Fsp3) is 0.385. The van der Waals surface area contributed by atoms with Crippen molar-refractivity contribution in [3.63, 3.8) is 0 Å². The molecule has 16 heavy (non-hydrogen) atoms. The molecule has 0 saturated heterocycles. The molecule has 1 aromatic carbocycles. The zero-order valence-electron chi connectivity index (χ0n) is 9.39. The van der Waals surface area contributed by atoms with E-state index in [0.717, 1.165) is 5.56 Å². The number of ether oxygens (including phenoxy) is 1. The van der Waals surface area contributed by atoms with Gasteiger partial charge >= 0.3 is 0 Å². The number of hydrogen-bond acceptors (Lipinski definition) is 3. The van der Waals surface area contributed by atoms with Gasteiger partial charge in [-0.1, -0.05) is 37.3 Å². The molecule has 1 rings (SSSR count). The summed E-state index contributed by atoms with van der Waals surface area (Å²) in [4.78, 5) is 21.6. The second-order valence-electron chi connectivity index (χ2n) is 3.80. The van der Waals surface area contributed by atoms with Crippen molar-refractivity contribution >= 4 is 12.6 Å². The molecule has 0 aliphatic heterocycles. The topological polar surface area (TPSA) is 43.4 Å². The van der Waals surface area contributed by atoms with Gasteiger partial charge in [-0.15, -0.1) is 0 Å². The van der Waals surface area contributed by atoms with Gasteiger partial charge in [0.1, 0.15) is 18.0 Å². The average molecular weight is 220 g/mol. The lowest BCUT2D eigenvalue weighted by Crippen LogP contribution is -2.29. The Labute approximate surface area is 95.4 Å². The molecule has 0 radical (unpaired) electrons. The lowest BCUT2D eigenvalue weighted by molar-refractivity contribution is -0.130. The van der Waals surface area contributed by atoms with Crippen LogP contribution in [-0.4, -0.2) is 19.2 Å². The maximum absolute atomic E-state index is 10.8. The lowest BCUT2D eigenvalue weighted by Gasteiger charge is -2.18.